The molecule has 0 saturated heterocycles. The molecule has 0 unspecified atom stereocenters. The fourth-order valence-corrected chi connectivity index (χ4v) is 7.11. The van der Waals surface area contributed by atoms with Crippen molar-refractivity contribution in [3.8, 4) is 5.75 Å². The molecule has 0 heterocycles. The number of sulfonamides is 1. The lowest BCUT2D eigenvalue weighted by molar-refractivity contribution is -0.140. The maximum absolute atomic E-state index is 14.6. The minimum absolute atomic E-state index is 0.0109. The molecule has 4 aromatic carbocycles. The van der Waals surface area contributed by atoms with Gasteiger partial charge >= 0.3 is 0 Å². The summed E-state index contributed by atoms with van der Waals surface area (Å²) in [5.74, 6) is -0.532. The van der Waals surface area contributed by atoms with Crippen molar-refractivity contribution in [2.45, 2.75) is 57.1 Å². The standard InChI is InChI=1S/C36H39BrClN3O5S/c1-5-26(3)39-36(43)33(21-27-10-7-6-8-11-27)40(23-28-12-9-13-29(37)20-28)35(42)24-41(30-16-19-34(46-4)32(38)22-30)47(44,45)31-17-14-25(2)15-18-31/h6-20,22,26,33H,5,21,23-24H2,1-4H3,(H,39,43)/t26-,33+/m0/s1. The maximum atomic E-state index is 14.6. The van der Waals surface area contributed by atoms with Crippen LogP contribution in [0.4, 0.5) is 5.69 Å². The quantitative estimate of drug-likeness (QED) is 0.148. The van der Waals surface area contributed by atoms with Crippen LogP contribution in [0.2, 0.25) is 5.02 Å². The summed E-state index contributed by atoms with van der Waals surface area (Å²) >= 11 is 9.96. The van der Waals surface area contributed by atoms with Crippen molar-refractivity contribution in [2.24, 2.45) is 0 Å². The van der Waals surface area contributed by atoms with Crippen LogP contribution in [0.5, 0.6) is 5.75 Å². The normalized spacial score (nSPS) is 12.6. The molecule has 2 atom stereocenters. The largest absolute Gasteiger partial charge is 0.495 e. The van der Waals surface area contributed by atoms with E-state index in [0.717, 1.165) is 25.5 Å². The van der Waals surface area contributed by atoms with E-state index in [1.54, 1.807) is 24.3 Å². The molecule has 0 aliphatic rings. The Bertz CT molecular complexity index is 1790. The molecule has 2 amide bonds. The van der Waals surface area contributed by atoms with Crippen molar-refractivity contribution in [1.29, 1.82) is 0 Å². The number of nitrogens with one attached hydrogen (secondary N) is 1. The fourth-order valence-electron chi connectivity index (χ4n) is 5.00. The van der Waals surface area contributed by atoms with Gasteiger partial charge in [0.05, 0.1) is 22.7 Å². The van der Waals surface area contributed by atoms with Crippen LogP contribution in [0.3, 0.4) is 0 Å². The Morgan fingerprint density at radius 2 is 1.62 bits per heavy atom. The van der Waals surface area contributed by atoms with Crippen molar-refractivity contribution in [3.05, 3.63) is 123 Å². The number of nitrogens with zero attached hydrogens (tertiary/aromatic N) is 2. The van der Waals surface area contributed by atoms with Gasteiger partial charge in [-0.1, -0.05) is 94.6 Å². The van der Waals surface area contributed by atoms with Gasteiger partial charge in [-0.15, -0.1) is 0 Å². The lowest BCUT2D eigenvalue weighted by atomic mass is 10.0. The highest BCUT2D eigenvalue weighted by molar-refractivity contribution is 9.10. The van der Waals surface area contributed by atoms with Crippen LogP contribution in [0, 0.1) is 6.92 Å². The number of methoxy groups -OCH3 is 1. The first kappa shape index (κ1) is 36.0. The van der Waals surface area contributed by atoms with E-state index in [9.17, 15) is 18.0 Å². The van der Waals surface area contributed by atoms with E-state index in [1.165, 1.54) is 30.2 Å². The number of aryl methyl sites for hydroxylation is 1. The number of hydrogen-bond acceptors (Lipinski definition) is 5. The SMILES string of the molecule is CC[C@H](C)NC(=O)[C@@H](Cc1ccccc1)N(Cc1cccc(Br)c1)C(=O)CN(c1ccc(OC)c(Cl)c1)S(=O)(=O)c1ccc(C)cc1. The molecule has 0 aromatic heterocycles. The zero-order valence-corrected chi connectivity index (χ0v) is 30.0. The first-order valence-electron chi connectivity index (χ1n) is 15.2. The lowest BCUT2D eigenvalue weighted by Crippen LogP contribution is -2.54. The second-order valence-corrected chi connectivity index (χ2v) is 14.5. The van der Waals surface area contributed by atoms with E-state index in [0.29, 0.717) is 12.2 Å². The average molecular weight is 741 g/mol. The molecule has 248 valence electrons. The topological polar surface area (TPSA) is 96.0 Å². The van der Waals surface area contributed by atoms with Gasteiger partial charge in [-0.05, 0) is 73.9 Å². The number of carbonyl (C=O) groups is 2. The zero-order chi connectivity index (χ0) is 34.1. The fraction of sp³-hybridized carbons (Fsp3) is 0.278. The van der Waals surface area contributed by atoms with Gasteiger partial charge in [0.25, 0.3) is 10.0 Å². The summed E-state index contributed by atoms with van der Waals surface area (Å²) in [6.45, 7) is 5.20. The molecule has 1 N–H and O–H groups in total. The molecule has 0 saturated carbocycles. The monoisotopic (exact) mass is 739 g/mol. The van der Waals surface area contributed by atoms with Crippen LogP contribution < -0.4 is 14.4 Å². The molecule has 0 aliphatic heterocycles. The number of amides is 2. The molecule has 47 heavy (non-hydrogen) atoms. The summed E-state index contributed by atoms with van der Waals surface area (Å²) in [4.78, 5) is 30.1. The number of anilines is 1. The van der Waals surface area contributed by atoms with Crippen LogP contribution in [0.1, 0.15) is 37.0 Å². The Labute approximate surface area is 290 Å². The number of ether oxygens (including phenoxy) is 1. The Hall–Kier alpha value is -3.86. The van der Waals surface area contributed by atoms with E-state index < -0.39 is 28.5 Å². The van der Waals surface area contributed by atoms with Gasteiger partial charge in [-0.25, -0.2) is 8.42 Å². The van der Waals surface area contributed by atoms with Gasteiger partial charge in [0.15, 0.2) is 0 Å². The second-order valence-electron chi connectivity index (χ2n) is 11.3. The molecule has 0 aliphatic carbocycles. The van der Waals surface area contributed by atoms with Crippen molar-refractivity contribution < 1.29 is 22.7 Å². The third-order valence-corrected chi connectivity index (χ3v) is 10.4. The molecule has 8 nitrogen and oxygen atoms in total. The predicted octanol–water partition coefficient (Wildman–Crippen LogP) is 7.17. The van der Waals surface area contributed by atoms with Crippen LogP contribution in [0.25, 0.3) is 0 Å². The van der Waals surface area contributed by atoms with Gasteiger partial charge in [0.1, 0.15) is 18.3 Å². The van der Waals surface area contributed by atoms with E-state index >= 15 is 0 Å². The average Bonchev–Trinajstić information content (AvgIpc) is 3.05. The van der Waals surface area contributed by atoms with Gasteiger partial charge in [0.2, 0.25) is 11.8 Å². The highest BCUT2D eigenvalue weighted by atomic mass is 79.9. The first-order chi connectivity index (χ1) is 22.4. The predicted molar refractivity (Wildman–Crippen MR) is 190 cm³/mol. The summed E-state index contributed by atoms with van der Waals surface area (Å²) in [6.07, 6.45) is 0.923. The molecule has 4 aromatic rings. The number of hydrogen-bond donors (Lipinski definition) is 1. The van der Waals surface area contributed by atoms with Crippen molar-refractivity contribution in [1.82, 2.24) is 10.2 Å². The van der Waals surface area contributed by atoms with Gasteiger partial charge in [0, 0.05) is 23.5 Å². The number of rotatable bonds is 14. The number of halogens is 2. The minimum atomic E-state index is -4.26. The highest BCUT2D eigenvalue weighted by Gasteiger charge is 2.35. The van der Waals surface area contributed by atoms with Gasteiger partial charge in [-0.3, -0.25) is 13.9 Å². The molecule has 0 fully saturated rings. The third-order valence-electron chi connectivity index (χ3n) is 7.83. The lowest BCUT2D eigenvalue weighted by Gasteiger charge is -2.34. The third kappa shape index (κ3) is 9.37. The molecule has 0 spiro atoms. The summed E-state index contributed by atoms with van der Waals surface area (Å²) in [5, 5.41) is 3.23. The summed E-state index contributed by atoms with van der Waals surface area (Å²) < 4.78 is 35.6. The van der Waals surface area contributed by atoms with E-state index in [1.807, 2.05) is 75.4 Å². The number of carbonyl (C=O) groups excluding carboxylic acids is 2. The van der Waals surface area contributed by atoms with Crippen molar-refractivity contribution in [2.75, 3.05) is 18.0 Å². The zero-order valence-electron chi connectivity index (χ0n) is 26.8. The summed E-state index contributed by atoms with van der Waals surface area (Å²) in [7, 11) is -2.80. The Balaban J connectivity index is 1.83. The Morgan fingerprint density at radius 1 is 0.936 bits per heavy atom. The van der Waals surface area contributed by atoms with Crippen LogP contribution in [-0.2, 0) is 32.6 Å². The van der Waals surface area contributed by atoms with E-state index in [2.05, 4.69) is 21.2 Å². The minimum Gasteiger partial charge on any atom is -0.495 e. The number of benzene rings is 4. The molecule has 0 bridgehead atoms. The van der Waals surface area contributed by atoms with Gasteiger partial charge in [-0.2, -0.15) is 0 Å². The van der Waals surface area contributed by atoms with E-state index in [-0.39, 0.29) is 40.5 Å². The van der Waals surface area contributed by atoms with Crippen LogP contribution in [-0.4, -0.2) is 50.9 Å². The smallest absolute Gasteiger partial charge is 0.264 e. The van der Waals surface area contributed by atoms with Crippen LogP contribution >= 0.6 is 27.5 Å². The van der Waals surface area contributed by atoms with Gasteiger partial charge < -0.3 is 15.0 Å². The first-order valence-corrected chi connectivity index (χ1v) is 17.8. The second kappa shape index (κ2) is 16.3. The van der Waals surface area contributed by atoms with Crippen molar-refractivity contribution in [3.63, 3.8) is 0 Å². The molecule has 4 rings (SSSR count). The van der Waals surface area contributed by atoms with E-state index in [4.69, 9.17) is 16.3 Å². The molecule has 0 radical (unpaired) electrons. The maximum Gasteiger partial charge on any atom is 0.264 e. The van der Waals surface area contributed by atoms with Crippen molar-refractivity contribution >= 4 is 55.1 Å². The molecule has 11 heteroatoms. The molecular formula is C36H39BrClN3O5S. The molecular weight excluding hydrogens is 702 g/mol. The highest BCUT2D eigenvalue weighted by Crippen LogP contribution is 2.32. The Morgan fingerprint density at radius 3 is 2.23 bits per heavy atom. The Kier molecular flexibility index (Phi) is 12.5. The summed E-state index contributed by atoms with van der Waals surface area (Å²) in [5.41, 5.74) is 2.68. The summed E-state index contributed by atoms with van der Waals surface area (Å²) in [6, 6.07) is 26.8. The van der Waals surface area contributed by atoms with Crippen LogP contribution in [0.15, 0.2) is 106 Å².